The molecule has 0 aliphatic rings. The Morgan fingerprint density at radius 3 is 2.50 bits per heavy atom. The highest BCUT2D eigenvalue weighted by atomic mass is 32.2. The van der Waals surface area contributed by atoms with Gasteiger partial charge in [-0.25, -0.2) is 0 Å². The summed E-state index contributed by atoms with van der Waals surface area (Å²) < 4.78 is 16.7. The molecule has 0 fully saturated rings. The van der Waals surface area contributed by atoms with E-state index in [1.807, 2.05) is 13.8 Å². The summed E-state index contributed by atoms with van der Waals surface area (Å²) in [4.78, 5) is 11.3. The van der Waals surface area contributed by atoms with Gasteiger partial charge in [0.2, 0.25) is 0 Å². The number of halogens is 1. The average molecular weight is 250 g/mol. The molecule has 0 saturated heterocycles. The minimum atomic E-state index is -0.200. The second-order valence-corrected chi connectivity index (χ2v) is 5.17. The van der Waals surface area contributed by atoms with Gasteiger partial charge in [0.25, 0.3) is 0 Å². The number of esters is 1. The molecule has 0 saturated carbocycles. The summed E-state index contributed by atoms with van der Waals surface area (Å²) in [5, 5.41) is -0.0641. The number of ether oxygens (including phenoxy) is 1. The number of unbranched alkanes of at least 4 members (excludes halogenated alkanes) is 4. The van der Waals surface area contributed by atoms with Crippen molar-refractivity contribution in [3.05, 3.63) is 0 Å². The van der Waals surface area contributed by atoms with Crippen molar-refractivity contribution in [2.24, 2.45) is 0 Å². The van der Waals surface area contributed by atoms with Crippen LogP contribution in [0.15, 0.2) is 0 Å². The number of thioether (sulfide) groups is 1. The van der Waals surface area contributed by atoms with Crippen LogP contribution in [0.5, 0.6) is 0 Å². The molecule has 0 aliphatic carbocycles. The van der Waals surface area contributed by atoms with Gasteiger partial charge in [0.1, 0.15) is 0 Å². The van der Waals surface area contributed by atoms with Crippen LogP contribution in [-0.2, 0) is 9.53 Å². The number of carbonyl (C=O) groups excluding carboxylic acids is 1. The van der Waals surface area contributed by atoms with Gasteiger partial charge in [-0.2, -0.15) is 0 Å². The standard InChI is InChI=1S/C12H23FO2S/c1-3-15-12(14)11(2)16-10-8-6-4-5-7-9-13/h11H,3-10H2,1-2H3. The van der Waals surface area contributed by atoms with Gasteiger partial charge >= 0.3 is 5.97 Å². The topological polar surface area (TPSA) is 26.3 Å². The molecular weight excluding hydrogens is 227 g/mol. The lowest BCUT2D eigenvalue weighted by Crippen LogP contribution is -2.17. The first-order valence-corrected chi connectivity index (χ1v) is 7.11. The summed E-state index contributed by atoms with van der Waals surface area (Å²) in [6.45, 7) is 3.95. The molecule has 0 heterocycles. The molecular formula is C12H23FO2S. The summed E-state index contributed by atoms with van der Waals surface area (Å²) in [6, 6.07) is 0. The van der Waals surface area contributed by atoms with E-state index >= 15 is 0 Å². The Bertz CT molecular complexity index is 176. The highest BCUT2D eigenvalue weighted by molar-refractivity contribution is 8.00. The van der Waals surface area contributed by atoms with Gasteiger partial charge in [-0.1, -0.05) is 19.3 Å². The zero-order chi connectivity index (χ0) is 12.2. The lowest BCUT2D eigenvalue weighted by molar-refractivity contribution is -0.142. The number of carbonyl (C=O) groups is 1. The molecule has 1 unspecified atom stereocenters. The lowest BCUT2D eigenvalue weighted by atomic mass is 10.2. The van der Waals surface area contributed by atoms with Gasteiger partial charge in [0.15, 0.2) is 0 Å². The Labute approximate surface area is 102 Å². The highest BCUT2D eigenvalue weighted by Crippen LogP contribution is 2.15. The smallest absolute Gasteiger partial charge is 0.318 e. The Kier molecular flexibility index (Phi) is 11.1. The Hall–Kier alpha value is -0.250. The largest absolute Gasteiger partial charge is 0.465 e. The molecule has 0 bridgehead atoms. The minimum absolute atomic E-state index is 0.0641. The van der Waals surface area contributed by atoms with Crippen LogP contribution < -0.4 is 0 Å². The van der Waals surface area contributed by atoms with Crippen LogP contribution in [0.1, 0.15) is 46.0 Å². The second-order valence-electron chi connectivity index (χ2n) is 3.72. The van der Waals surface area contributed by atoms with E-state index in [0.717, 1.165) is 31.4 Å². The van der Waals surface area contributed by atoms with E-state index in [9.17, 15) is 9.18 Å². The molecule has 0 radical (unpaired) electrons. The van der Waals surface area contributed by atoms with Gasteiger partial charge < -0.3 is 4.74 Å². The van der Waals surface area contributed by atoms with Crippen molar-refractivity contribution in [3.8, 4) is 0 Å². The van der Waals surface area contributed by atoms with Gasteiger partial charge in [-0.05, 0) is 32.4 Å². The van der Waals surface area contributed by atoms with Crippen molar-refractivity contribution in [2.75, 3.05) is 19.0 Å². The first-order valence-electron chi connectivity index (χ1n) is 6.06. The van der Waals surface area contributed by atoms with Crippen molar-refractivity contribution in [1.82, 2.24) is 0 Å². The number of hydrogen-bond donors (Lipinski definition) is 0. The maximum Gasteiger partial charge on any atom is 0.318 e. The molecule has 96 valence electrons. The average Bonchev–Trinajstić information content (AvgIpc) is 2.28. The van der Waals surface area contributed by atoms with E-state index in [4.69, 9.17) is 4.74 Å². The van der Waals surface area contributed by atoms with E-state index in [0.29, 0.717) is 13.0 Å². The summed E-state index contributed by atoms with van der Waals surface area (Å²) in [5.74, 6) is 0.861. The molecule has 0 rings (SSSR count). The molecule has 0 N–H and O–H groups in total. The third kappa shape index (κ3) is 9.01. The van der Waals surface area contributed by atoms with Crippen LogP contribution in [-0.4, -0.2) is 30.3 Å². The van der Waals surface area contributed by atoms with E-state index in [2.05, 4.69) is 0 Å². The third-order valence-electron chi connectivity index (χ3n) is 2.26. The predicted octanol–water partition coefficient (Wildman–Crippen LogP) is 3.59. The van der Waals surface area contributed by atoms with Gasteiger partial charge in [0, 0.05) is 0 Å². The molecule has 4 heteroatoms. The van der Waals surface area contributed by atoms with Crippen molar-refractivity contribution >= 4 is 17.7 Å². The van der Waals surface area contributed by atoms with Crippen molar-refractivity contribution in [2.45, 2.75) is 51.2 Å². The first kappa shape index (κ1) is 15.8. The third-order valence-corrected chi connectivity index (χ3v) is 3.48. The second kappa shape index (κ2) is 11.2. The predicted molar refractivity (Wildman–Crippen MR) is 67.6 cm³/mol. The summed E-state index contributed by atoms with van der Waals surface area (Å²) in [6.07, 6.45) is 4.99. The van der Waals surface area contributed by atoms with Crippen molar-refractivity contribution in [1.29, 1.82) is 0 Å². The zero-order valence-corrected chi connectivity index (χ0v) is 11.2. The van der Waals surface area contributed by atoms with Crippen LogP contribution in [0.2, 0.25) is 0 Å². The molecule has 16 heavy (non-hydrogen) atoms. The molecule has 0 aliphatic heterocycles. The van der Waals surface area contributed by atoms with Crippen molar-refractivity contribution in [3.63, 3.8) is 0 Å². The summed E-state index contributed by atoms with van der Waals surface area (Å²) in [5.41, 5.74) is 0. The van der Waals surface area contributed by atoms with Crippen LogP contribution in [0.4, 0.5) is 4.39 Å². The van der Waals surface area contributed by atoms with Crippen LogP contribution in [0.25, 0.3) is 0 Å². The molecule has 0 aromatic carbocycles. The van der Waals surface area contributed by atoms with E-state index in [1.54, 1.807) is 11.8 Å². The fourth-order valence-electron chi connectivity index (χ4n) is 1.31. The van der Waals surface area contributed by atoms with Gasteiger partial charge in [-0.15, -0.1) is 11.8 Å². The monoisotopic (exact) mass is 250 g/mol. The Morgan fingerprint density at radius 1 is 1.25 bits per heavy atom. The SMILES string of the molecule is CCOC(=O)C(C)SCCCCCCCF. The van der Waals surface area contributed by atoms with E-state index in [1.165, 1.54) is 0 Å². The number of alkyl halides is 1. The normalized spacial score (nSPS) is 12.4. The maximum atomic E-state index is 11.8. The fourth-order valence-corrected chi connectivity index (χ4v) is 2.24. The van der Waals surface area contributed by atoms with E-state index in [-0.39, 0.29) is 17.9 Å². The zero-order valence-electron chi connectivity index (χ0n) is 10.3. The van der Waals surface area contributed by atoms with Crippen LogP contribution >= 0.6 is 11.8 Å². The lowest BCUT2D eigenvalue weighted by Gasteiger charge is -2.09. The van der Waals surface area contributed by atoms with Crippen LogP contribution in [0.3, 0.4) is 0 Å². The summed E-state index contributed by atoms with van der Waals surface area (Å²) in [7, 11) is 0. The molecule has 1 atom stereocenters. The molecule has 0 aromatic heterocycles. The quantitative estimate of drug-likeness (QED) is 0.438. The Balaban J connectivity index is 3.27. The van der Waals surface area contributed by atoms with Crippen LogP contribution in [0, 0.1) is 0 Å². The molecule has 0 amide bonds. The van der Waals surface area contributed by atoms with Gasteiger partial charge in [0.05, 0.1) is 18.5 Å². The molecule has 2 nitrogen and oxygen atoms in total. The molecule has 0 spiro atoms. The minimum Gasteiger partial charge on any atom is -0.465 e. The van der Waals surface area contributed by atoms with Gasteiger partial charge in [-0.3, -0.25) is 9.18 Å². The fraction of sp³-hybridized carbons (Fsp3) is 0.917. The summed E-state index contributed by atoms with van der Waals surface area (Å²) >= 11 is 1.64. The Morgan fingerprint density at radius 2 is 1.88 bits per heavy atom. The highest BCUT2D eigenvalue weighted by Gasteiger charge is 2.13. The first-order chi connectivity index (χ1) is 7.72. The molecule has 0 aromatic rings. The number of rotatable bonds is 10. The van der Waals surface area contributed by atoms with Crippen molar-refractivity contribution < 1.29 is 13.9 Å². The number of hydrogen-bond acceptors (Lipinski definition) is 3. The van der Waals surface area contributed by atoms with E-state index < -0.39 is 0 Å². The maximum absolute atomic E-state index is 11.8.